The Labute approximate surface area is 215 Å². The van der Waals surface area contributed by atoms with Crippen molar-refractivity contribution in [2.24, 2.45) is 16.7 Å². The molecular weight excluding hydrogens is 462 g/mol. The van der Waals surface area contributed by atoms with Gasteiger partial charge in [-0.25, -0.2) is 0 Å². The van der Waals surface area contributed by atoms with E-state index in [1.165, 1.54) is 6.42 Å². The summed E-state index contributed by atoms with van der Waals surface area (Å²) in [6, 6.07) is 0. The van der Waals surface area contributed by atoms with Crippen LogP contribution in [-0.2, 0) is 14.3 Å². The number of ketones is 1. The van der Waals surface area contributed by atoms with Crippen molar-refractivity contribution < 1.29 is 34.7 Å². The molecule has 0 spiro atoms. The number of carbonyl (C=O) groups excluding carboxylic acids is 1. The quantitative estimate of drug-likeness (QED) is 0.401. The van der Waals surface area contributed by atoms with Crippen molar-refractivity contribution in [2.75, 3.05) is 26.2 Å². The van der Waals surface area contributed by atoms with Crippen molar-refractivity contribution in [3.63, 3.8) is 0 Å². The van der Waals surface area contributed by atoms with Gasteiger partial charge < -0.3 is 34.8 Å². The molecule has 2 saturated heterocycles. The monoisotopic (exact) mass is 509 g/mol. The number of rotatable bonds is 6. The predicted molar refractivity (Wildman–Crippen MR) is 135 cm³/mol. The normalized spacial score (nSPS) is 48.1. The summed E-state index contributed by atoms with van der Waals surface area (Å²) in [5.41, 5.74) is -6.74. The molecule has 4 rings (SSSR count). The number of Topliss-reactive ketones (excluding diaryl/α,β-unsaturated/α-hetero) is 1. The molecule has 4 fully saturated rings. The number of β-amino-alcohol motifs (C(OH)–C–C–N with tert-alkyl or cyclic N) is 1. The number of nitrogens with zero attached hydrogens (tertiary/aromatic N) is 1. The van der Waals surface area contributed by atoms with Gasteiger partial charge in [0.1, 0.15) is 11.7 Å². The summed E-state index contributed by atoms with van der Waals surface area (Å²) >= 11 is 0. The van der Waals surface area contributed by atoms with Crippen LogP contribution in [0.1, 0.15) is 73.1 Å². The number of aliphatic hydroxyl groups is 4. The summed E-state index contributed by atoms with van der Waals surface area (Å²) in [5.74, 6) is -1.09. The van der Waals surface area contributed by atoms with Gasteiger partial charge in [-0.05, 0) is 58.0 Å². The maximum absolute atomic E-state index is 13.9. The van der Waals surface area contributed by atoms with Gasteiger partial charge in [0.25, 0.3) is 0 Å². The van der Waals surface area contributed by atoms with Crippen LogP contribution >= 0.6 is 0 Å². The highest BCUT2D eigenvalue weighted by molar-refractivity contribution is 5.92. The topological polar surface area (TPSA) is 120 Å². The fourth-order valence-electron chi connectivity index (χ4n) is 8.26. The fourth-order valence-corrected chi connectivity index (χ4v) is 8.26. The van der Waals surface area contributed by atoms with Gasteiger partial charge in [-0.15, -0.1) is 6.58 Å². The average molecular weight is 510 g/mol. The number of hydrogen-bond acceptors (Lipinski definition) is 8. The molecule has 9 atom stereocenters. The van der Waals surface area contributed by atoms with E-state index < -0.39 is 63.8 Å². The molecular formula is C28H47NO7. The first kappa shape index (κ1) is 28.1. The minimum Gasteiger partial charge on any atom is -0.392 e. The van der Waals surface area contributed by atoms with Crippen LogP contribution in [0.25, 0.3) is 0 Å². The van der Waals surface area contributed by atoms with Gasteiger partial charge >= 0.3 is 0 Å². The van der Waals surface area contributed by atoms with Crippen molar-refractivity contribution in [1.29, 1.82) is 0 Å². The van der Waals surface area contributed by atoms with Gasteiger partial charge in [0.2, 0.25) is 0 Å². The van der Waals surface area contributed by atoms with Crippen LogP contribution in [0.5, 0.6) is 0 Å². The second kappa shape index (κ2) is 9.40. The first-order valence-corrected chi connectivity index (χ1v) is 13.6. The van der Waals surface area contributed by atoms with E-state index in [2.05, 4.69) is 11.5 Å². The average Bonchev–Trinajstić information content (AvgIpc) is 2.80. The zero-order valence-corrected chi connectivity index (χ0v) is 22.7. The van der Waals surface area contributed by atoms with E-state index in [4.69, 9.17) is 9.47 Å². The largest absolute Gasteiger partial charge is 0.392 e. The van der Waals surface area contributed by atoms with Gasteiger partial charge in [0, 0.05) is 24.3 Å². The molecule has 0 aromatic carbocycles. The summed E-state index contributed by atoms with van der Waals surface area (Å²) in [7, 11) is 0. The Bertz CT molecular complexity index is 859. The standard InChI is InChI=1S/C28H47NO7/c1-7-25(4)15-20(32)28(34)26(5)19(31)11-12-24(2,3)22(26)21(33)23(27(28,6)36-25)35-17-18(30)16-29-13-9-8-10-14-29/h7,18-19,21-23,30-31,33-34H,1,8-17H2,2-6H3/t18?,19-,21-,22-,23-,25-,26-,27+,28-/m0/s1. The lowest BCUT2D eigenvalue weighted by molar-refractivity contribution is -0.376. The molecule has 2 saturated carbocycles. The zero-order valence-electron chi connectivity index (χ0n) is 22.7. The van der Waals surface area contributed by atoms with Crippen LogP contribution in [0.15, 0.2) is 12.7 Å². The molecule has 2 aliphatic heterocycles. The fraction of sp³-hybridized carbons (Fsp3) is 0.893. The van der Waals surface area contributed by atoms with E-state index in [1.54, 1.807) is 26.8 Å². The van der Waals surface area contributed by atoms with Gasteiger partial charge in [0.15, 0.2) is 11.4 Å². The number of piperidine rings is 1. The molecule has 0 bridgehead atoms. The van der Waals surface area contributed by atoms with Gasteiger partial charge in [-0.3, -0.25) is 4.79 Å². The molecule has 8 nitrogen and oxygen atoms in total. The Kier molecular flexibility index (Phi) is 7.35. The highest BCUT2D eigenvalue weighted by atomic mass is 16.6. The van der Waals surface area contributed by atoms with Crippen LogP contribution in [-0.4, -0.2) is 98.6 Å². The third-order valence-electron chi connectivity index (χ3n) is 10.1. The van der Waals surface area contributed by atoms with E-state index in [0.717, 1.165) is 25.9 Å². The minimum absolute atomic E-state index is 0.0708. The Hall–Kier alpha value is -0.870. The Morgan fingerprint density at radius 3 is 2.42 bits per heavy atom. The molecule has 0 aromatic rings. The lowest BCUT2D eigenvalue weighted by Gasteiger charge is -2.71. The highest BCUT2D eigenvalue weighted by Crippen LogP contribution is 2.67. The third kappa shape index (κ3) is 4.03. The van der Waals surface area contributed by atoms with Crippen molar-refractivity contribution in [2.45, 2.75) is 114 Å². The summed E-state index contributed by atoms with van der Waals surface area (Å²) in [5, 5.41) is 46.6. The molecule has 206 valence electrons. The molecule has 4 aliphatic rings. The lowest BCUT2D eigenvalue weighted by Crippen LogP contribution is -2.86. The van der Waals surface area contributed by atoms with E-state index in [1.807, 2.05) is 13.8 Å². The van der Waals surface area contributed by atoms with Crippen molar-refractivity contribution >= 4 is 5.78 Å². The van der Waals surface area contributed by atoms with E-state index in [9.17, 15) is 25.2 Å². The molecule has 1 unspecified atom stereocenters. The molecule has 2 aliphatic carbocycles. The van der Waals surface area contributed by atoms with Crippen LogP contribution < -0.4 is 0 Å². The van der Waals surface area contributed by atoms with Crippen molar-refractivity contribution in [1.82, 2.24) is 4.90 Å². The Morgan fingerprint density at radius 1 is 1.17 bits per heavy atom. The van der Waals surface area contributed by atoms with Crippen LogP contribution in [0.3, 0.4) is 0 Å². The number of hydrogen-bond donors (Lipinski definition) is 4. The number of carbonyl (C=O) groups is 1. The smallest absolute Gasteiger partial charge is 0.171 e. The summed E-state index contributed by atoms with van der Waals surface area (Å²) in [6.07, 6.45) is 1.82. The minimum atomic E-state index is -2.12. The predicted octanol–water partition coefficient (Wildman–Crippen LogP) is 1.82. The summed E-state index contributed by atoms with van der Waals surface area (Å²) in [4.78, 5) is 16.1. The van der Waals surface area contributed by atoms with Gasteiger partial charge in [-0.1, -0.05) is 33.3 Å². The summed E-state index contributed by atoms with van der Waals surface area (Å²) in [6.45, 7) is 15.1. The van der Waals surface area contributed by atoms with Crippen molar-refractivity contribution in [3.8, 4) is 0 Å². The maximum Gasteiger partial charge on any atom is 0.171 e. The molecule has 36 heavy (non-hydrogen) atoms. The number of fused-ring (bicyclic) bond motifs is 3. The number of ether oxygens (including phenoxy) is 2. The summed E-state index contributed by atoms with van der Waals surface area (Å²) < 4.78 is 12.8. The molecule has 8 heteroatoms. The second-order valence-electron chi connectivity index (χ2n) is 13.1. The number of likely N-dealkylation sites (tertiary alicyclic amines) is 1. The molecule has 0 aromatic heterocycles. The second-order valence-corrected chi connectivity index (χ2v) is 13.1. The lowest BCUT2D eigenvalue weighted by atomic mass is 9.40. The maximum atomic E-state index is 13.9. The third-order valence-corrected chi connectivity index (χ3v) is 10.1. The zero-order chi connectivity index (χ0) is 26.7. The van der Waals surface area contributed by atoms with Crippen LogP contribution in [0.4, 0.5) is 0 Å². The van der Waals surface area contributed by atoms with E-state index in [-0.39, 0.29) is 13.0 Å². The van der Waals surface area contributed by atoms with E-state index >= 15 is 0 Å². The molecule has 0 radical (unpaired) electrons. The van der Waals surface area contributed by atoms with Crippen molar-refractivity contribution in [3.05, 3.63) is 12.7 Å². The first-order chi connectivity index (χ1) is 16.7. The molecule has 4 N–H and O–H groups in total. The Balaban J connectivity index is 1.73. The molecule has 0 amide bonds. The first-order valence-electron chi connectivity index (χ1n) is 13.6. The highest BCUT2D eigenvalue weighted by Gasteiger charge is 2.80. The van der Waals surface area contributed by atoms with Crippen LogP contribution in [0.2, 0.25) is 0 Å². The van der Waals surface area contributed by atoms with Crippen LogP contribution in [0, 0.1) is 16.7 Å². The Morgan fingerprint density at radius 2 is 1.81 bits per heavy atom. The van der Waals surface area contributed by atoms with Gasteiger partial charge in [0.05, 0.1) is 30.5 Å². The van der Waals surface area contributed by atoms with E-state index in [0.29, 0.717) is 19.4 Å². The molecule has 2 heterocycles. The van der Waals surface area contributed by atoms with Gasteiger partial charge in [-0.2, -0.15) is 0 Å². The SMILES string of the molecule is C=C[C@@]1(C)CC(=O)[C@]2(O)[C@@]3(C)[C@@H](O)CCC(C)(C)[C@@H]3[C@H](O)[C@H](OCC(O)CN3CCCCC3)[C@@]2(C)O1. The number of aliphatic hydroxyl groups excluding tert-OH is 3.